The van der Waals surface area contributed by atoms with Gasteiger partial charge in [-0.25, -0.2) is 9.78 Å². The van der Waals surface area contributed by atoms with Crippen molar-refractivity contribution in [2.75, 3.05) is 0 Å². The molecule has 0 radical (unpaired) electrons. The van der Waals surface area contributed by atoms with Crippen LogP contribution >= 0.6 is 11.3 Å². The second kappa shape index (κ2) is 3.90. The van der Waals surface area contributed by atoms with Crippen molar-refractivity contribution < 1.29 is 14.7 Å². The highest BCUT2D eigenvalue weighted by Gasteiger charge is 2.22. The summed E-state index contributed by atoms with van der Waals surface area (Å²) >= 11 is 1.28. The number of aryl methyl sites for hydroxylation is 1. The molecule has 0 saturated heterocycles. The molecule has 0 unspecified atom stereocenters. The van der Waals surface area contributed by atoms with Crippen molar-refractivity contribution in [1.29, 1.82) is 0 Å². The maximum absolute atomic E-state index is 12.0. The van der Waals surface area contributed by atoms with Gasteiger partial charge in [-0.1, -0.05) is 0 Å². The van der Waals surface area contributed by atoms with Crippen LogP contribution in [0, 0.1) is 6.92 Å². The standard InChI is InChI=1S/C10H8N2O3S/c1-5-2-3-16-9(5)8(13)6-7(10(14)15)12-4-11-6/h2-4H,1H3,(H,11,12)(H,14,15). The van der Waals surface area contributed by atoms with E-state index in [1.54, 1.807) is 12.3 Å². The van der Waals surface area contributed by atoms with E-state index in [-0.39, 0.29) is 17.2 Å². The number of rotatable bonds is 3. The van der Waals surface area contributed by atoms with Crippen molar-refractivity contribution in [3.63, 3.8) is 0 Å². The molecule has 0 aliphatic rings. The third-order valence-corrected chi connectivity index (χ3v) is 3.15. The molecular formula is C10H8N2O3S. The minimum atomic E-state index is -1.19. The number of hydrogen-bond donors (Lipinski definition) is 2. The zero-order chi connectivity index (χ0) is 11.7. The lowest BCUT2D eigenvalue weighted by molar-refractivity contribution is 0.0687. The number of hydrogen-bond acceptors (Lipinski definition) is 4. The number of aromatic amines is 1. The molecule has 0 amide bonds. The second-order valence-electron chi connectivity index (χ2n) is 3.19. The first kappa shape index (κ1) is 10.6. The van der Waals surface area contributed by atoms with E-state index in [0.717, 1.165) is 5.56 Å². The Balaban J connectivity index is 2.46. The maximum Gasteiger partial charge on any atom is 0.354 e. The molecule has 0 aliphatic heterocycles. The number of carbonyl (C=O) groups excluding carboxylic acids is 1. The first-order chi connectivity index (χ1) is 7.61. The molecule has 82 valence electrons. The van der Waals surface area contributed by atoms with E-state index in [2.05, 4.69) is 9.97 Å². The van der Waals surface area contributed by atoms with Crippen molar-refractivity contribution in [2.45, 2.75) is 6.92 Å². The molecule has 0 bridgehead atoms. The van der Waals surface area contributed by atoms with Gasteiger partial charge in [-0.2, -0.15) is 0 Å². The van der Waals surface area contributed by atoms with Crippen LogP contribution in [-0.2, 0) is 0 Å². The average molecular weight is 236 g/mol. The van der Waals surface area contributed by atoms with Crippen LogP contribution in [0.25, 0.3) is 0 Å². The summed E-state index contributed by atoms with van der Waals surface area (Å²) in [5.74, 6) is -1.54. The van der Waals surface area contributed by atoms with Gasteiger partial charge in [0.25, 0.3) is 0 Å². The number of carbonyl (C=O) groups is 2. The van der Waals surface area contributed by atoms with Crippen molar-refractivity contribution >= 4 is 23.1 Å². The lowest BCUT2D eigenvalue weighted by Gasteiger charge is -1.97. The summed E-state index contributed by atoms with van der Waals surface area (Å²) < 4.78 is 0. The van der Waals surface area contributed by atoms with Crippen LogP contribution < -0.4 is 0 Å². The molecule has 0 spiro atoms. The van der Waals surface area contributed by atoms with E-state index in [1.165, 1.54) is 17.7 Å². The molecule has 2 rings (SSSR count). The zero-order valence-corrected chi connectivity index (χ0v) is 9.17. The third kappa shape index (κ3) is 1.63. The quantitative estimate of drug-likeness (QED) is 0.794. The van der Waals surface area contributed by atoms with E-state index in [9.17, 15) is 9.59 Å². The number of imidazole rings is 1. The van der Waals surface area contributed by atoms with E-state index < -0.39 is 5.97 Å². The Bertz CT molecular complexity index is 556. The minimum Gasteiger partial charge on any atom is -0.477 e. The number of nitrogens with one attached hydrogen (secondary N) is 1. The number of nitrogens with zero attached hydrogens (tertiary/aromatic N) is 1. The van der Waals surface area contributed by atoms with Gasteiger partial charge in [-0.15, -0.1) is 11.3 Å². The molecule has 0 fully saturated rings. The predicted molar refractivity (Wildman–Crippen MR) is 58.0 cm³/mol. The summed E-state index contributed by atoms with van der Waals surface area (Å²) in [6.45, 7) is 1.80. The van der Waals surface area contributed by atoms with Gasteiger partial charge in [-0.05, 0) is 23.9 Å². The predicted octanol–water partition coefficient (Wildman–Crippen LogP) is 1.71. The van der Waals surface area contributed by atoms with Crippen LogP contribution in [0.5, 0.6) is 0 Å². The van der Waals surface area contributed by atoms with Gasteiger partial charge in [0.2, 0.25) is 5.78 Å². The molecule has 0 atom stereocenters. The fourth-order valence-electron chi connectivity index (χ4n) is 1.34. The van der Waals surface area contributed by atoms with Crippen molar-refractivity contribution in [3.05, 3.63) is 39.6 Å². The lowest BCUT2D eigenvalue weighted by Crippen LogP contribution is -2.09. The van der Waals surface area contributed by atoms with Gasteiger partial charge in [0.1, 0.15) is 5.69 Å². The molecule has 0 saturated carbocycles. The van der Waals surface area contributed by atoms with Crippen LogP contribution in [0.3, 0.4) is 0 Å². The normalized spacial score (nSPS) is 10.3. The summed E-state index contributed by atoms with van der Waals surface area (Å²) in [5, 5.41) is 10.6. The van der Waals surface area contributed by atoms with Gasteiger partial charge in [0.15, 0.2) is 5.69 Å². The zero-order valence-electron chi connectivity index (χ0n) is 8.35. The Hall–Kier alpha value is -1.95. The molecular weight excluding hydrogens is 228 g/mol. The van der Waals surface area contributed by atoms with Gasteiger partial charge >= 0.3 is 5.97 Å². The summed E-state index contributed by atoms with van der Waals surface area (Å²) in [5.41, 5.74) is 0.616. The van der Waals surface area contributed by atoms with Crippen molar-refractivity contribution in [1.82, 2.24) is 9.97 Å². The van der Waals surface area contributed by atoms with Crippen LogP contribution in [0.15, 0.2) is 17.8 Å². The fraction of sp³-hybridized carbons (Fsp3) is 0.100. The first-order valence-corrected chi connectivity index (χ1v) is 5.34. The largest absolute Gasteiger partial charge is 0.477 e. The molecule has 2 heterocycles. The van der Waals surface area contributed by atoms with Gasteiger partial charge < -0.3 is 10.1 Å². The van der Waals surface area contributed by atoms with Gasteiger partial charge in [0.05, 0.1) is 11.2 Å². The van der Waals surface area contributed by atoms with E-state index in [4.69, 9.17) is 5.11 Å². The van der Waals surface area contributed by atoms with E-state index in [0.29, 0.717) is 4.88 Å². The Morgan fingerprint density at radius 2 is 2.25 bits per heavy atom. The molecule has 2 aromatic heterocycles. The highest BCUT2D eigenvalue weighted by atomic mass is 32.1. The molecule has 0 aliphatic carbocycles. The summed E-state index contributed by atoms with van der Waals surface area (Å²) in [6.07, 6.45) is 1.21. The molecule has 0 aromatic carbocycles. The Kier molecular flexibility index (Phi) is 2.57. The molecule has 2 aromatic rings. The summed E-state index contributed by atoms with van der Waals surface area (Å²) in [7, 11) is 0. The lowest BCUT2D eigenvalue weighted by atomic mass is 10.1. The topological polar surface area (TPSA) is 83.0 Å². The molecule has 2 N–H and O–H groups in total. The fourth-order valence-corrected chi connectivity index (χ4v) is 2.21. The van der Waals surface area contributed by atoms with Gasteiger partial charge in [-0.3, -0.25) is 4.79 Å². The Morgan fingerprint density at radius 1 is 1.50 bits per heavy atom. The number of aromatic carboxylic acids is 1. The maximum atomic E-state index is 12.0. The first-order valence-electron chi connectivity index (χ1n) is 4.46. The number of carboxylic acid groups (broad SMARTS) is 1. The number of ketones is 1. The Morgan fingerprint density at radius 3 is 2.81 bits per heavy atom. The van der Waals surface area contributed by atoms with E-state index >= 15 is 0 Å². The number of H-pyrrole nitrogens is 1. The number of carboxylic acids is 1. The van der Waals surface area contributed by atoms with Crippen LogP contribution in [-0.4, -0.2) is 26.8 Å². The second-order valence-corrected chi connectivity index (χ2v) is 4.11. The van der Waals surface area contributed by atoms with Crippen LogP contribution in [0.4, 0.5) is 0 Å². The van der Waals surface area contributed by atoms with Gasteiger partial charge in [0, 0.05) is 0 Å². The minimum absolute atomic E-state index is 0.0435. The van der Waals surface area contributed by atoms with E-state index in [1.807, 2.05) is 6.07 Å². The summed E-state index contributed by atoms with van der Waals surface area (Å²) in [4.78, 5) is 29.5. The number of thiophene rings is 1. The van der Waals surface area contributed by atoms with Crippen molar-refractivity contribution in [3.8, 4) is 0 Å². The van der Waals surface area contributed by atoms with Crippen molar-refractivity contribution in [2.24, 2.45) is 0 Å². The molecule has 16 heavy (non-hydrogen) atoms. The molecule has 5 nitrogen and oxygen atoms in total. The Labute approximate surface area is 94.8 Å². The van der Waals surface area contributed by atoms with Crippen LogP contribution in [0.1, 0.15) is 31.4 Å². The monoisotopic (exact) mass is 236 g/mol. The van der Waals surface area contributed by atoms with Crippen LogP contribution in [0.2, 0.25) is 0 Å². The highest BCUT2D eigenvalue weighted by molar-refractivity contribution is 7.12. The smallest absolute Gasteiger partial charge is 0.354 e. The number of aromatic nitrogens is 2. The SMILES string of the molecule is Cc1ccsc1C(=O)c1nc[nH]c1C(=O)O. The summed E-state index contributed by atoms with van der Waals surface area (Å²) in [6, 6.07) is 1.81. The average Bonchev–Trinajstić information content (AvgIpc) is 2.84. The third-order valence-electron chi connectivity index (χ3n) is 2.14. The molecule has 6 heteroatoms. The highest BCUT2D eigenvalue weighted by Crippen LogP contribution is 2.20.